The number of aromatic nitrogens is 1. The second-order valence-electron chi connectivity index (χ2n) is 8.58. The number of carbonyl (C=O) groups is 2. The standard InChI is InChI=1S/C28H27N3O5/c1-3-30(4-2)21-11-8-18(9-12-21)25-24(26(32)19-10-13-22-23(15-19)36-17-35-22)27(33)28(34)31(25)16-20-7-5-6-14-29-20/h5-15,25,32H,3-4,16-17H2,1-2H3/b26-24-. The Hall–Kier alpha value is -4.33. The lowest BCUT2D eigenvalue weighted by atomic mass is 9.95. The van der Waals surface area contributed by atoms with Gasteiger partial charge in [0.1, 0.15) is 5.76 Å². The summed E-state index contributed by atoms with van der Waals surface area (Å²) in [5.41, 5.74) is 2.82. The van der Waals surface area contributed by atoms with Gasteiger partial charge in [-0.15, -0.1) is 0 Å². The Morgan fingerprint density at radius 3 is 2.47 bits per heavy atom. The molecule has 2 aliphatic heterocycles. The summed E-state index contributed by atoms with van der Waals surface area (Å²) in [6, 6.07) is 17.4. The van der Waals surface area contributed by atoms with Crippen molar-refractivity contribution in [3.8, 4) is 11.5 Å². The molecule has 5 rings (SSSR count). The maximum absolute atomic E-state index is 13.3. The summed E-state index contributed by atoms with van der Waals surface area (Å²) in [7, 11) is 0. The average molecular weight is 486 g/mol. The van der Waals surface area contributed by atoms with Crippen LogP contribution in [0, 0.1) is 0 Å². The van der Waals surface area contributed by atoms with E-state index in [4.69, 9.17) is 9.47 Å². The van der Waals surface area contributed by atoms with Crippen molar-refractivity contribution in [3.05, 3.63) is 89.3 Å². The Kier molecular flexibility index (Phi) is 6.33. The van der Waals surface area contributed by atoms with E-state index in [-0.39, 0.29) is 24.7 Å². The highest BCUT2D eigenvalue weighted by atomic mass is 16.7. The Morgan fingerprint density at radius 2 is 1.78 bits per heavy atom. The largest absolute Gasteiger partial charge is 0.507 e. The lowest BCUT2D eigenvalue weighted by molar-refractivity contribution is -0.140. The molecule has 0 aliphatic carbocycles. The number of fused-ring (bicyclic) bond motifs is 1. The van der Waals surface area contributed by atoms with E-state index in [9.17, 15) is 14.7 Å². The van der Waals surface area contributed by atoms with Crippen molar-refractivity contribution in [1.82, 2.24) is 9.88 Å². The number of Topliss-reactive ketones (excluding diaryl/α,β-unsaturated/α-hetero) is 1. The molecule has 0 radical (unpaired) electrons. The minimum absolute atomic E-state index is 0.0328. The Labute approximate surface area is 209 Å². The van der Waals surface area contributed by atoms with Crippen molar-refractivity contribution in [2.75, 3.05) is 24.8 Å². The highest BCUT2D eigenvalue weighted by molar-refractivity contribution is 6.46. The average Bonchev–Trinajstić information content (AvgIpc) is 3.48. The molecule has 3 aromatic rings. The van der Waals surface area contributed by atoms with Crippen molar-refractivity contribution in [2.45, 2.75) is 26.4 Å². The van der Waals surface area contributed by atoms with E-state index in [1.54, 1.807) is 36.5 Å². The molecule has 36 heavy (non-hydrogen) atoms. The summed E-state index contributed by atoms with van der Waals surface area (Å²) < 4.78 is 10.8. The topological polar surface area (TPSA) is 92.2 Å². The van der Waals surface area contributed by atoms with Crippen LogP contribution in [0.5, 0.6) is 11.5 Å². The zero-order chi connectivity index (χ0) is 25.2. The number of likely N-dealkylation sites (tertiary alicyclic amines) is 1. The lowest BCUT2D eigenvalue weighted by Gasteiger charge is -2.26. The van der Waals surface area contributed by atoms with E-state index in [0.717, 1.165) is 24.3 Å². The molecule has 1 aromatic heterocycles. The van der Waals surface area contributed by atoms with Crippen molar-refractivity contribution in [3.63, 3.8) is 0 Å². The molecule has 2 aliphatic rings. The molecule has 1 saturated heterocycles. The first-order chi connectivity index (χ1) is 17.5. The maximum atomic E-state index is 13.3. The Balaban J connectivity index is 1.61. The maximum Gasteiger partial charge on any atom is 0.296 e. The van der Waals surface area contributed by atoms with E-state index in [1.807, 2.05) is 30.3 Å². The number of amides is 1. The lowest BCUT2D eigenvalue weighted by Crippen LogP contribution is -2.29. The minimum atomic E-state index is -0.775. The van der Waals surface area contributed by atoms with Gasteiger partial charge in [0.15, 0.2) is 11.5 Å². The van der Waals surface area contributed by atoms with E-state index < -0.39 is 17.7 Å². The van der Waals surface area contributed by atoms with Crippen LogP contribution in [0.15, 0.2) is 72.4 Å². The van der Waals surface area contributed by atoms with Gasteiger partial charge in [-0.1, -0.05) is 18.2 Å². The fraction of sp³-hybridized carbons (Fsp3) is 0.250. The molecule has 0 bridgehead atoms. The number of rotatable bonds is 7. The summed E-state index contributed by atoms with van der Waals surface area (Å²) in [6.07, 6.45) is 1.65. The first-order valence-electron chi connectivity index (χ1n) is 11.9. The Bertz CT molecular complexity index is 1320. The van der Waals surface area contributed by atoms with E-state index in [2.05, 4.69) is 23.7 Å². The van der Waals surface area contributed by atoms with Crippen molar-refractivity contribution < 1.29 is 24.2 Å². The number of carbonyl (C=O) groups excluding carboxylic acids is 2. The second kappa shape index (κ2) is 9.73. The van der Waals surface area contributed by atoms with E-state index in [1.165, 1.54) is 4.90 Å². The van der Waals surface area contributed by atoms with Crippen molar-refractivity contribution in [1.29, 1.82) is 0 Å². The molecule has 1 amide bonds. The first kappa shape index (κ1) is 23.4. The van der Waals surface area contributed by atoms with Crippen LogP contribution < -0.4 is 14.4 Å². The van der Waals surface area contributed by atoms with Gasteiger partial charge in [0.2, 0.25) is 6.79 Å². The molecule has 1 atom stereocenters. The van der Waals surface area contributed by atoms with Crippen LogP contribution in [0.25, 0.3) is 5.76 Å². The molecule has 0 spiro atoms. The predicted molar refractivity (Wildman–Crippen MR) is 135 cm³/mol. The SMILES string of the molecule is CCN(CC)c1ccc(C2/C(=C(/O)c3ccc4c(c3)OCO4)C(=O)C(=O)N2Cc2ccccn2)cc1. The molecule has 8 heteroatoms. The molecule has 0 saturated carbocycles. The molecular weight excluding hydrogens is 458 g/mol. The van der Waals surface area contributed by atoms with Crippen LogP contribution in [0.1, 0.15) is 36.7 Å². The number of pyridine rings is 1. The summed E-state index contributed by atoms with van der Waals surface area (Å²) in [5, 5.41) is 11.3. The first-order valence-corrected chi connectivity index (χ1v) is 11.9. The fourth-order valence-corrected chi connectivity index (χ4v) is 4.71. The molecule has 2 aromatic carbocycles. The van der Waals surface area contributed by atoms with Gasteiger partial charge in [-0.05, 0) is 61.9 Å². The van der Waals surface area contributed by atoms with Gasteiger partial charge in [-0.2, -0.15) is 0 Å². The monoisotopic (exact) mass is 485 g/mol. The quantitative estimate of drug-likeness (QED) is 0.303. The van der Waals surface area contributed by atoms with Crippen LogP contribution in [-0.2, 0) is 16.1 Å². The highest BCUT2D eigenvalue weighted by Crippen LogP contribution is 2.42. The zero-order valence-corrected chi connectivity index (χ0v) is 20.2. The van der Waals surface area contributed by atoms with E-state index >= 15 is 0 Å². The molecular formula is C28H27N3O5. The zero-order valence-electron chi connectivity index (χ0n) is 20.2. The number of ether oxygens (including phenoxy) is 2. The summed E-state index contributed by atoms with van der Waals surface area (Å²) >= 11 is 0. The second-order valence-corrected chi connectivity index (χ2v) is 8.58. The van der Waals surface area contributed by atoms with Crippen LogP contribution in [0.3, 0.4) is 0 Å². The fourth-order valence-electron chi connectivity index (χ4n) is 4.71. The van der Waals surface area contributed by atoms with Gasteiger partial charge >= 0.3 is 0 Å². The third-order valence-corrected chi connectivity index (χ3v) is 6.58. The van der Waals surface area contributed by atoms with Gasteiger partial charge in [0, 0.05) is 30.5 Å². The third kappa shape index (κ3) is 4.15. The van der Waals surface area contributed by atoms with Crippen molar-refractivity contribution in [2.24, 2.45) is 0 Å². The smallest absolute Gasteiger partial charge is 0.296 e. The number of anilines is 1. The number of ketones is 1. The predicted octanol–water partition coefficient (Wildman–Crippen LogP) is 4.28. The van der Waals surface area contributed by atoms with Crippen LogP contribution in [0.2, 0.25) is 0 Å². The molecule has 1 N–H and O–H groups in total. The van der Waals surface area contributed by atoms with Gasteiger partial charge in [-0.25, -0.2) is 0 Å². The van der Waals surface area contributed by atoms with Gasteiger partial charge in [0.25, 0.3) is 11.7 Å². The summed E-state index contributed by atoms with van der Waals surface area (Å²) in [4.78, 5) is 34.6. The molecule has 1 unspecified atom stereocenters. The normalized spacial score (nSPS) is 18.1. The molecule has 3 heterocycles. The minimum Gasteiger partial charge on any atom is -0.507 e. The van der Waals surface area contributed by atoms with E-state index in [0.29, 0.717) is 22.8 Å². The number of aliphatic hydroxyl groups excluding tert-OH is 1. The number of hydrogen-bond acceptors (Lipinski definition) is 7. The van der Waals surface area contributed by atoms with Crippen LogP contribution >= 0.6 is 0 Å². The number of nitrogens with zero attached hydrogens (tertiary/aromatic N) is 3. The molecule has 184 valence electrons. The number of benzene rings is 2. The Morgan fingerprint density at radius 1 is 1.03 bits per heavy atom. The van der Waals surface area contributed by atoms with Crippen molar-refractivity contribution >= 4 is 23.1 Å². The van der Waals surface area contributed by atoms with Gasteiger partial charge in [0.05, 0.1) is 23.9 Å². The summed E-state index contributed by atoms with van der Waals surface area (Å²) in [5.74, 6) is -0.639. The number of hydrogen-bond donors (Lipinski definition) is 1. The summed E-state index contributed by atoms with van der Waals surface area (Å²) in [6.45, 7) is 6.12. The van der Waals surface area contributed by atoms with Crippen LogP contribution in [0.4, 0.5) is 5.69 Å². The van der Waals surface area contributed by atoms with Gasteiger partial charge < -0.3 is 24.4 Å². The number of aliphatic hydroxyl groups is 1. The molecule has 8 nitrogen and oxygen atoms in total. The van der Waals surface area contributed by atoms with Crippen LogP contribution in [-0.4, -0.2) is 46.6 Å². The third-order valence-electron chi connectivity index (χ3n) is 6.58. The highest BCUT2D eigenvalue weighted by Gasteiger charge is 2.46. The molecule has 1 fully saturated rings. The van der Waals surface area contributed by atoms with Gasteiger partial charge in [-0.3, -0.25) is 14.6 Å².